The number of carboxylic acid groups (broad SMARTS) is 2. The van der Waals surface area contributed by atoms with Crippen molar-refractivity contribution in [3.05, 3.63) is 30.6 Å². The SMILES string of the molecule is N[C@@H](CC(=O)O)C(=O)O.[Ni].c1ccc2[nH]cnc2c1. The van der Waals surface area contributed by atoms with Crippen molar-refractivity contribution in [1.29, 1.82) is 0 Å². The summed E-state index contributed by atoms with van der Waals surface area (Å²) in [7, 11) is 0. The van der Waals surface area contributed by atoms with E-state index in [1.54, 1.807) is 6.33 Å². The molecule has 0 radical (unpaired) electrons. The number of nitrogens with zero attached hydrogens (tertiary/aromatic N) is 1. The summed E-state index contributed by atoms with van der Waals surface area (Å²) in [5.41, 5.74) is 6.96. The molecule has 0 aliphatic rings. The van der Waals surface area contributed by atoms with Gasteiger partial charge >= 0.3 is 11.9 Å². The first-order valence-corrected chi connectivity index (χ1v) is 5.09. The van der Waals surface area contributed by atoms with Gasteiger partial charge in [-0.3, -0.25) is 9.59 Å². The quantitative estimate of drug-likeness (QED) is 0.609. The van der Waals surface area contributed by atoms with Crippen molar-refractivity contribution in [2.45, 2.75) is 12.5 Å². The number of aliphatic carboxylic acids is 2. The van der Waals surface area contributed by atoms with E-state index in [9.17, 15) is 9.59 Å². The first-order chi connectivity index (χ1) is 8.50. The first kappa shape index (κ1) is 17.1. The number of nitrogens with two attached hydrogens (primary N) is 1. The fraction of sp³-hybridized carbons (Fsp3) is 0.182. The number of H-pyrrole nitrogens is 1. The Labute approximate surface area is 118 Å². The Bertz CT molecular complexity index is 513. The number of fused-ring (bicyclic) bond motifs is 1. The number of nitrogens with one attached hydrogen (secondary N) is 1. The van der Waals surface area contributed by atoms with Crippen LogP contribution in [0, 0.1) is 0 Å². The van der Waals surface area contributed by atoms with Gasteiger partial charge in [-0.15, -0.1) is 0 Å². The van der Waals surface area contributed by atoms with Crippen LogP contribution in [-0.2, 0) is 26.1 Å². The van der Waals surface area contributed by atoms with Gasteiger partial charge in [0.1, 0.15) is 6.04 Å². The van der Waals surface area contributed by atoms with Gasteiger partial charge in [0, 0.05) is 16.5 Å². The first-order valence-electron chi connectivity index (χ1n) is 5.09. The predicted octanol–water partition coefficient (Wildman–Crippen LogP) is 0.433. The molecule has 7 nitrogen and oxygen atoms in total. The molecule has 0 aliphatic carbocycles. The fourth-order valence-electron chi connectivity index (χ4n) is 1.16. The molecule has 2 aromatic rings. The molecule has 0 fully saturated rings. The van der Waals surface area contributed by atoms with Crippen LogP contribution >= 0.6 is 0 Å². The van der Waals surface area contributed by atoms with Gasteiger partial charge < -0.3 is 20.9 Å². The molecular weight excluding hydrogens is 297 g/mol. The van der Waals surface area contributed by atoms with Gasteiger partial charge in [0.25, 0.3) is 0 Å². The third kappa shape index (κ3) is 5.99. The molecule has 8 heteroatoms. The van der Waals surface area contributed by atoms with Crippen molar-refractivity contribution in [1.82, 2.24) is 9.97 Å². The van der Waals surface area contributed by atoms with Gasteiger partial charge in [0.15, 0.2) is 0 Å². The average Bonchev–Trinajstić information content (AvgIpc) is 2.76. The average molecular weight is 310 g/mol. The molecule has 0 bridgehead atoms. The molecule has 1 atom stereocenters. The molecule has 1 aromatic heterocycles. The van der Waals surface area contributed by atoms with Gasteiger partial charge in [-0.25, -0.2) is 4.98 Å². The van der Waals surface area contributed by atoms with Crippen LogP contribution < -0.4 is 5.73 Å². The van der Waals surface area contributed by atoms with Crippen molar-refractivity contribution in [2.24, 2.45) is 5.73 Å². The molecule has 0 saturated heterocycles. The van der Waals surface area contributed by atoms with Crippen LogP contribution in [-0.4, -0.2) is 38.2 Å². The number of carbonyl (C=O) groups is 2. The zero-order valence-corrected chi connectivity index (χ0v) is 10.7. The van der Waals surface area contributed by atoms with Crippen molar-refractivity contribution in [3.63, 3.8) is 0 Å². The molecule has 1 aromatic carbocycles. The van der Waals surface area contributed by atoms with Gasteiger partial charge in [-0.05, 0) is 12.1 Å². The van der Waals surface area contributed by atoms with E-state index < -0.39 is 24.4 Å². The smallest absolute Gasteiger partial charge is 0.321 e. The number of rotatable bonds is 3. The number of carboxylic acids is 2. The molecular formula is C11H13N3NiO4. The number of imidazole rings is 1. The van der Waals surface area contributed by atoms with E-state index in [0.717, 1.165) is 11.0 Å². The zero-order valence-electron chi connectivity index (χ0n) is 9.72. The Morgan fingerprint density at radius 3 is 2.42 bits per heavy atom. The maximum atomic E-state index is 9.85. The van der Waals surface area contributed by atoms with Crippen LogP contribution in [0.2, 0.25) is 0 Å². The summed E-state index contributed by atoms with van der Waals surface area (Å²) in [6, 6.07) is 6.65. The summed E-state index contributed by atoms with van der Waals surface area (Å²) in [6.07, 6.45) is 1.17. The summed E-state index contributed by atoms with van der Waals surface area (Å²) in [6.45, 7) is 0. The second kappa shape index (κ2) is 8.23. The number of aromatic amines is 1. The third-order valence-electron chi connectivity index (χ3n) is 2.04. The van der Waals surface area contributed by atoms with Crippen molar-refractivity contribution < 1.29 is 36.3 Å². The fourth-order valence-corrected chi connectivity index (χ4v) is 1.16. The van der Waals surface area contributed by atoms with Crippen molar-refractivity contribution >= 4 is 23.0 Å². The summed E-state index contributed by atoms with van der Waals surface area (Å²) < 4.78 is 0. The molecule has 106 valence electrons. The summed E-state index contributed by atoms with van der Waals surface area (Å²) in [5, 5.41) is 16.0. The van der Waals surface area contributed by atoms with Gasteiger partial charge in [0.2, 0.25) is 0 Å². The largest absolute Gasteiger partial charge is 0.481 e. The Morgan fingerprint density at radius 2 is 1.95 bits per heavy atom. The van der Waals surface area contributed by atoms with E-state index >= 15 is 0 Å². The maximum absolute atomic E-state index is 9.85. The number of benzene rings is 1. The van der Waals surface area contributed by atoms with Gasteiger partial charge in [0.05, 0.1) is 23.8 Å². The van der Waals surface area contributed by atoms with Crippen molar-refractivity contribution in [3.8, 4) is 0 Å². The Balaban J connectivity index is 0.000000324. The monoisotopic (exact) mass is 309 g/mol. The summed E-state index contributed by atoms with van der Waals surface area (Å²) in [4.78, 5) is 26.7. The molecule has 0 spiro atoms. The van der Waals surface area contributed by atoms with E-state index in [-0.39, 0.29) is 16.5 Å². The van der Waals surface area contributed by atoms with Crippen LogP contribution in [0.1, 0.15) is 6.42 Å². The van der Waals surface area contributed by atoms with Gasteiger partial charge in [-0.1, -0.05) is 12.1 Å². The van der Waals surface area contributed by atoms with Crippen LogP contribution in [0.25, 0.3) is 11.0 Å². The minimum Gasteiger partial charge on any atom is -0.481 e. The maximum Gasteiger partial charge on any atom is 0.321 e. The second-order valence-electron chi connectivity index (χ2n) is 3.46. The standard InChI is InChI=1S/C7H6N2.C4H7NO4.Ni/c1-2-4-7-6(3-1)8-5-9-7;5-2(4(8)9)1-3(6)7;/h1-5H,(H,8,9);2H,1,5H2,(H,6,7)(H,8,9);/t;2-;/m.0./s1. The molecule has 0 unspecified atom stereocenters. The van der Waals surface area contributed by atoms with E-state index in [4.69, 9.17) is 15.9 Å². The molecule has 1 heterocycles. The third-order valence-corrected chi connectivity index (χ3v) is 2.04. The van der Waals surface area contributed by atoms with E-state index in [1.165, 1.54) is 0 Å². The number of para-hydroxylation sites is 2. The van der Waals surface area contributed by atoms with Crippen molar-refractivity contribution in [2.75, 3.05) is 0 Å². The van der Waals surface area contributed by atoms with Crippen LogP contribution in [0.5, 0.6) is 0 Å². The van der Waals surface area contributed by atoms with Crippen LogP contribution in [0.4, 0.5) is 0 Å². The normalized spacial score (nSPS) is 10.8. The molecule has 2 rings (SSSR count). The Hall–Kier alpha value is -1.92. The topological polar surface area (TPSA) is 129 Å². The molecule has 0 amide bonds. The number of hydrogen-bond acceptors (Lipinski definition) is 4. The summed E-state index contributed by atoms with van der Waals surface area (Å²) in [5.74, 6) is -2.50. The minimum absolute atomic E-state index is 0. The van der Waals surface area contributed by atoms with E-state index in [1.807, 2.05) is 24.3 Å². The Morgan fingerprint density at radius 1 is 1.32 bits per heavy atom. The van der Waals surface area contributed by atoms with Gasteiger partial charge in [-0.2, -0.15) is 0 Å². The molecule has 0 aliphatic heterocycles. The molecule has 19 heavy (non-hydrogen) atoms. The number of aromatic nitrogens is 2. The van der Waals surface area contributed by atoms with E-state index in [0.29, 0.717) is 0 Å². The number of hydrogen-bond donors (Lipinski definition) is 4. The Kier molecular flexibility index (Phi) is 7.40. The molecule has 5 N–H and O–H groups in total. The minimum atomic E-state index is -1.29. The van der Waals surface area contributed by atoms with Crippen LogP contribution in [0.15, 0.2) is 30.6 Å². The summed E-state index contributed by atoms with van der Waals surface area (Å²) >= 11 is 0. The second-order valence-corrected chi connectivity index (χ2v) is 3.46. The molecule has 0 saturated carbocycles. The zero-order chi connectivity index (χ0) is 13.5. The predicted molar refractivity (Wildman–Crippen MR) is 64.0 cm³/mol. The van der Waals surface area contributed by atoms with E-state index in [2.05, 4.69) is 9.97 Å². The van der Waals surface area contributed by atoms with Crippen LogP contribution in [0.3, 0.4) is 0 Å².